The first-order chi connectivity index (χ1) is 11.7. The number of rotatable bonds is 8. The molecule has 5 nitrogen and oxygen atoms in total. The Labute approximate surface area is 140 Å². The molecule has 0 saturated carbocycles. The van der Waals surface area contributed by atoms with Crippen LogP contribution in [-0.2, 0) is 9.53 Å². The first-order valence-electron chi connectivity index (χ1n) is 7.35. The predicted molar refractivity (Wildman–Crippen MR) is 89.5 cm³/mol. The average Bonchev–Trinajstić information content (AvgIpc) is 2.64. The normalized spacial score (nSPS) is 9.88. The first-order valence-corrected chi connectivity index (χ1v) is 7.35. The summed E-state index contributed by atoms with van der Waals surface area (Å²) in [6, 6.07) is 13.8. The van der Waals surface area contributed by atoms with E-state index in [9.17, 15) is 9.59 Å². The number of ether oxygens (including phenoxy) is 3. The summed E-state index contributed by atoms with van der Waals surface area (Å²) in [6.07, 6.45) is 1.08. The summed E-state index contributed by atoms with van der Waals surface area (Å²) < 4.78 is 15.5. The van der Waals surface area contributed by atoms with Crippen molar-refractivity contribution in [2.45, 2.75) is 0 Å². The van der Waals surface area contributed by atoms with Crippen molar-refractivity contribution >= 4 is 11.8 Å². The van der Waals surface area contributed by atoms with Crippen LogP contribution in [0.25, 0.3) is 0 Å². The Morgan fingerprint density at radius 2 is 1.75 bits per heavy atom. The zero-order chi connectivity index (χ0) is 17.4. The number of esters is 1. The van der Waals surface area contributed by atoms with Gasteiger partial charge in [-0.2, -0.15) is 0 Å². The minimum atomic E-state index is -0.513. The van der Waals surface area contributed by atoms with Gasteiger partial charge >= 0.3 is 5.97 Å². The molecule has 0 heterocycles. The van der Waals surface area contributed by atoms with E-state index in [-0.39, 0.29) is 19.0 Å². The van der Waals surface area contributed by atoms with E-state index >= 15 is 0 Å². The third kappa shape index (κ3) is 4.46. The molecular weight excluding hydrogens is 308 g/mol. The van der Waals surface area contributed by atoms with Gasteiger partial charge in [0.1, 0.15) is 24.7 Å². The Morgan fingerprint density at radius 1 is 1.04 bits per heavy atom. The van der Waals surface area contributed by atoms with Crippen LogP contribution in [0.5, 0.6) is 11.5 Å². The molecule has 0 unspecified atom stereocenters. The summed E-state index contributed by atoms with van der Waals surface area (Å²) in [6.45, 7) is 3.54. The largest absolute Gasteiger partial charge is 0.497 e. The van der Waals surface area contributed by atoms with Crippen molar-refractivity contribution in [1.29, 1.82) is 0 Å². The summed E-state index contributed by atoms with van der Waals surface area (Å²) in [4.78, 5) is 23.6. The molecule has 2 aromatic rings. The van der Waals surface area contributed by atoms with Gasteiger partial charge in [-0.15, -0.1) is 0 Å². The zero-order valence-electron chi connectivity index (χ0n) is 13.4. The predicted octanol–water partition coefficient (Wildman–Crippen LogP) is 3.03. The number of hydrogen-bond donors (Lipinski definition) is 0. The fraction of sp³-hybridized carbons (Fsp3) is 0.158. The summed E-state index contributed by atoms with van der Waals surface area (Å²) in [7, 11) is 1.57. The van der Waals surface area contributed by atoms with Gasteiger partial charge in [-0.25, -0.2) is 4.79 Å². The number of carbonyl (C=O) groups excluding carboxylic acids is 2. The Kier molecular flexibility index (Phi) is 6.14. The molecule has 5 heteroatoms. The molecule has 0 radical (unpaired) electrons. The van der Waals surface area contributed by atoms with Crippen molar-refractivity contribution in [3.05, 3.63) is 72.3 Å². The highest BCUT2D eigenvalue weighted by molar-refractivity contribution is 6.10. The van der Waals surface area contributed by atoms with Crippen molar-refractivity contribution in [2.75, 3.05) is 20.3 Å². The van der Waals surface area contributed by atoms with Gasteiger partial charge in [0.2, 0.25) is 0 Å². The molecule has 0 saturated heterocycles. The third-order valence-corrected chi connectivity index (χ3v) is 3.24. The molecule has 0 spiro atoms. The molecule has 0 bridgehead atoms. The van der Waals surface area contributed by atoms with E-state index in [2.05, 4.69) is 6.58 Å². The number of ketones is 1. The van der Waals surface area contributed by atoms with Gasteiger partial charge in [-0.05, 0) is 36.4 Å². The van der Waals surface area contributed by atoms with Crippen LogP contribution in [0.3, 0.4) is 0 Å². The van der Waals surface area contributed by atoms with Crippen molar-refractivity contribution in [2.24, 2.45) is 0 Å². The van der Waals surface area contributed by atoms with Gasteiger partial charge in [-0.3, -0.25) is 4.79 Å². The maximum Gasteiger partial charge on any atom is 0.330 e. The van der Waals surface area contributed by atoms with E-state index in [1.54, 1.807) is 55.6 Å². The van der Waals surface area contributed by atoms with E-state index < -0.39 is 5.97 Å². The Bertz CT molecular complexity index is 719. The molecule has 0 fully saturated rings. The first kappa shape index (κ1) is 17.3. The third-order valence-electron chi connectivity index (χ3n) is 3.24. The molecule has 0 N–H and O–H groups in total. The number of para-hydroxylation sites is 1. The van der Waals surface area contributed by atoms with E-state index in [1.165, 1.54) is 0 Å². The van der Waals surface area contributed by atoms with Gasteiger partial charge in [0.05, 0.1) is 12.7 Å². The second-order valence-corrected chi connectivity index (χ2v) is 4.77. The molecule has 0 amide bonds. The number of methoxy groups -OCH3 is 1. The lowest BCUT2D eigenvalue weighted by molar-refractivity contribution is -0.138. The minimum Gasteiger partial charge on any atom is -0.497 e. The maximum absolute atomic E-state index is 12.6. The van der Waals surface area contributed by atoms with Crippen LogP contribution in [0.4, 0.5) is 0 Å². The van der Waals surface area contributed by atoms with E-state index in [0.717, 1.165) is 6.08 Å². The second-order valence-electron chi connectivity index (χ2n) is 4.77. The van der Waals surface area contributed by atoms with Crippen LogP contribution < -0.4 is 9.47 Å². The van der Waals surface area contributed by atoms with E-state index in [0.29, 0.717) is 22.6 Å². The van der Waals surface area contributed by atoms with Gasteiger partial charge in [0.15, 0.2) is 5.78 Å². The Hall–Kier alpha value is -3.08. The van der Waals surface area contributed by atoms with Crippen LogP contribution in [0, 0.1) is 0 Å². The smallest absolute Gasteiger partial charge is 0.330 e. The van der Waals surface area contributed by atoms with E-state index in [4.69, 9.17) is 14.2 Å². The maximum atomic E-state index is 12.6. The molecule has 0 atom stereocenters. The highest BCUT2D eigenvalue weighted by atomic mass is 16.6. The van der Waals surface area contributed by atoms with Crippen LogP contribution in [-0.4, -0.2) is 32.1 Å². The molecule has 2 rings (SSSR count). The average molecular weight is 326 g/mol. The Morgan fingerprint density at radius 3 is 2.42 bits per heavy atom. The molecule has 0 aliphatic carbocycles. The Balaban J connectivity index is 2.08. The van der Waals surface area contributed by atoms with Gasteiger partial charge in [-0.1, -0.05) is 18.7 Å². The summed E-state index contributed by atoms with van der Waals surface area (Å²) in [5, 5.41) is 0. The molecule has 2 aromatic carbocycles. The van der Waals surface area contributed by atoms with Crippen molar-refractivity contribution in [3.8, 4) is 11.5 Å². The zero-order valence-corrected chi connectivity index (χ0v) is 13.4. The molecule has 0 aromatic heterocycles. The van der Waals surface area contributed by atoms with Crippen molar-refractivity contribution in [1.82, 2.24) is 0 Å². The number of benzene rings is 2. The quantitative estimate of drug-likeness (QED) is 0.323. The highest BCUT2D eigenvalue weighted by Crippen LogP contribution is 2.22. The van der Waals surface area contributed by atoms with Crippen LogP contribution in [0.15, 0.2) is 61.2 Å². The number of carbonyl (C=O) groups is 2. The van der Waals surface area contributed by atoms with Gasteiger partial charge < -0.3 is 14.2 Å². The minimum absolute atomic E-state index is 0.0793. The molecule has 0 aliphatic rings. The lowest BCUT2D eigenvalue weighted by atomic mass is 10.0. The highest BCUT2D eigenvalue weighted by Gasteiger charge is 2.14. The fourth-order valence-corrected chi connectivity index (χ4v) is 2.03. The molecule has 124 valence electrons. The topological polar surface area (TPSA) is 61.8 Å². The van der Waals surface area contributed by atoms with Crippen molar-refractivity contribution in [3.63, 3.8) is 0 Å². The SMILES string of the molecule is C=CC(=O)OCCOc1ccccc1C(=O)c1ccc(OC)cc1. The molecule has 24 heavy (non-hydrogen) atoms. The second kappa shape index (κ2) is 8.53. The summed E-state index contributed by atoms with van der Waals surface area (Å²) in [5.74, 6) is 0.450. The van der Waals surface area contributed by atoms with Gasteiger partial charge in [0.25, 0.3) is 0 Å². The van der Waals surface area contributed by atoms with E-state index in [1.807, 2.05) is 0 Å². The summed E-state index contributed by atoms with van der Waals surface area (Å²) >= 11 is 0. The number of hydrogen-bond acceptors (Lipinski definition) is 5. The van der Waals surface area contributed by atoms with Crippen LogP contribution in [0.1, 0.15) is 15.9 Å². The monoisotopic (exact) mass is 326 g/mol. The molecular formula is C19H18O5. The van der Waals surface area contributed by atoms with Crippen LogP contribution in [0.2, 0.25) is 0 Å². The van der Waals surface area contributed by atoms with Crippen LogP contribution >= 0.6 is 0 Å². The summed E-state index contributed by atoms with van der Waals surface area (Å²) in [5.41, 5.74) is 0.975. The molecule has 0 aliphatic heterocycles. The standard InChI is InChI=1S/C19H18O5/c1-3-18(20)24-13-12-23-17-7-5-4-6-16(17)19(21)14-8-10-15(22-2)11-9-14/h3-11H,1,12-13H2,2H3. The lowest BCUT2D eigenvalue weighted by Crippen LogP contribution is -2.12. The van der Waals surface area contributed by atoms with Crippen molar-refractivity contribution < 1.29 is 23.8 Å². The van der Waals surface area contributed by atoms with Gasteiger partial charge in [0, 0.05) is 11.6 Å². The fourth-order valence-electron chi connectivity index (χ4n) is 2.03. The lowest BCUT2D eigenvalue weighted by Gasteiger charge is -2.11.